The lowest BCUT2D eigenvalue weighted by Gasteiger charge is -2.01. The second-order valence-corrected chi connectivity index (χ2v) is 4.68. The summed E-state index contributed by atoms with van der Waals surface area (Å²) in [4.78, 5) is 19.1. The summed E-state index contributed by atoms with van der Waals surface area (Å²) in [6.45, 7) is 1.88. The van der Waals surface area contributed by atoms with Crippen molar-refractivity contribution in [2.45, 2.75) is 6.92 Å². The number of hydrogen-bond acceptors (Lipinski definition) is 4. The molecule has 7 nitrogen and oxygen atoms in total. The van der Waals surface area contributed by atoms with E-state index in [4.69, 9.17) is 0 Å². The van der Waals surface area contributed by atoms with Crippen LogP contribution < -0.4 is 5.56 Å². The van der Waals surface area contributed by atoms with Gasteiger partial charge in [-0.25, -0.2) is 4.98 Å². The van der Waals surface area contributed by atoms with E-state index in [2.05, 4.69) is 20.2 Å². The van der Waals surface area contributed by atoms with E-state index in [-0.39, 0.29) is 5.56 Å². The van der Waals surface area contributed by atoms with Crippen molar-refractivity contribution < 1.29 is 0 Å². The van der Waals surface area contributed by atoms with E-state index < -0.39 is 0 Å². The molecule has 0 saturated carbocycles. The molecule has 0 bridgehead atoms. The number of aromatic nitrogens is 6. The molecule has 0 saturated heterocycles. The smallest absolute Gasteiger partial charge is 0.251 e. The molecule has 7 heteroatoms. The molecule has 0 spiro atoms. The number of rotatable bonds is 2. The predicted octanol–water partition coefficient (Wildman–Crippen LogP) is 0.879. The summed E-state index contributed by atoms with van der Waals surface area (Å²) in [6.07, 6.45) is 5.34. The quantitative estimate of drug-likeness (QED) is 0.749. The fourth-order valence-corrected chi connectivity index (χ4v) is 2.12. The number of aromatic amines is 1. The van der Waals surface area contributed by atoms with Crippen LogP contribution in [0.15, 0.2) is 29.5 Å². The van der Waals surface area contributed by atoms with Gasteiger partial charge < -0.3 is 4.98 Å². The van der Waals surface area contributed by atoms with Gasteiger partial charge in [0.15, 0.2) is 0 Å². The van der Waals surface area contributed by atoms with Crippen molar-refractivity contribution in [3.63, 3.8) is 0 Å². The number of nitrogens with zero attached hydrogens (tertiary/aromatic N) is 5. The average Bonchev–Trinajstić information content (AvgIpc) is 2.94. The van der Waals surface area contributed by atoms with Gasteiger partial charge >= 0.3 is 0 Å². The monoisotopic (exact) mass is 270 g/mol. The molecule has 0 aliphatic heterocycles. The minimum atomic E-state index is -0.197. The molecule has 0 aromatic carbocycles. The van der Waals surface area contributed by atoms with Crippen molar-refractivity contribution in [2.75, 3.05) is 0 Å². The first-order chi connectivity index (χ1) is 9.52. The van der Waals surface area contributed by atoms with Crippen LogP contribution in [0, 0.1) is 6.92 Å². The first-order valence-electron chi connectivity index (χ1n) is 6.14. The van der Waals surface area contributed by atoms with Gasteiger partial charge in [-0.1, -0.05) is 0 Å². The zero-order valence-corrected chi connectivity index (χ0v) is 11.5. The Morgan fingerprint density at radius 1 is 1.20 bits per heavy atom. The fourth-order valence-electron chi connectivity index (χ4n) is 2.12. The van der Waals surface area contributed by atoms with Gasteiger partial charge in [0.05, 0.1) is 23.1 Å². The highest BCUT2D eigenvalue weighted by atomic mass is 16.1. The maximum Gasteiger partial charge on any atom is 0.251 e. The molecular formula is C13H14N6O. The number of aryl methyl sites for hydroxylation is 3. The van der Waals surface area contributed by atoms with Crippen LogP contribution in [0.1, 0.15) is 5.69 Å². The summed E-state index contributed by atoms with van der Waals surface area (Å²) in [5.74, 6) is 0.516. The SMILES string of the molecule is Cc1nn(C)cc1-c1nc(-c2cnn(C)c2)cc(=O)[nH]1. The lowest BCUT2D eigenvalue weighted by Crippen LogP contribution is -2.08. The number of hydrogen-bond donors (Lipinski definition) is 1. The minimum Gasteiger partial charge on any atom is -0.306 e. The molecule has 3 aromatic rings. The highest BCUT2D eigenvalue weighted by Gasteiger charge is 2.11. The van der Waals surface area contributed by atoms with Gasteiger partial charge in [0.2, 0.25) is 0 Å². The molecule has 3 rings (SSSR count). The third-order valence-corrected chi connectivity index (χ3v) is 3.01. The third-order valence-electron chi connectivity index (χ3n) is 3.01. The summed E-state index contributed by atoms with van der Waals surface area (Å²) < 4.78 is 3.37. The number of H-pyrrole nitrogens is 1. The lowest BCUT2D eigenvalue weighted by molar-refractivity contribution is 0.756. The Bertz CT molecular complexity index is 826. The highest BCUT2D eigenvalue weighted by Crippen LogP contribution is 2.20. The van der Waals surface area contributed by atoms with Crippen LogP contribution in [0.3, 0.4) is 0 Å². The van der Waals surface area contributed by atoms with Crippen molar-refractivity contribution in [2.24, 2.45) is 14.1 Å². The van der Waals surface area contributed by atoms with Crippen LogP contribution in [0.2, 0.25) is 0 Å². The van der Waals surface area contributed by atoms with Crippen LogP contribution in [0.25, 0.3) is 22.6 Å². The van der Waals surface area contributed by atoms with Crippen molar-refractivity contribution >= 4 is 0 Å². The molecule has 0 amide bonds. The molecule has 0 aliphatic carbocycles. The standard InChI is InChI=1S/C13H14N6O/c1-8-10(7-19(3)17-8)13-15-11(4-12(20)16-13)9-5-14-18(2)6-9/h4-7H,1-3H3,(H,15,16,20). The van der Waals surface area contributed by atoms with Gasteiger partial charge in [-0.15, -0.1) is 0 Å². The zero-order valence-electron chi connectivity index (χ0n) is 11.5. The van der Waals surface area contributed by atoms with E-state index in [9.17, 15) is 4.79 Å². The van der Waals surface area contributed by atoms with Crippen LogP contribution in [-0.4, -0.2) is 29.5 Å². The maximum absolute atomic E-state index is 11.8. The van der Waals surface area contributed by atoms with E-state index in [1.54, 1.807) is 15.6 Å². The Labute approximate surface area is 114 Å². The fraction of sp³-hybridized carbons (Fsp3) is 0.231. The normalized spacial score (nSPS) is 10.9. The first kappa shape index (κ1) is 12.3. The average molecular weight is 270 g/mol. The molecule has 0 fully saturated rings. The summed E-state index contributed by atoms with van der Waals surface area (Å²) in [7, 11) is 3.66. The molecule has 3 aromatic heterocycles. The molecular weight excluding hydrogens is 256 g/mol. The highest BCUT2D eigenvalue weighted by molar-refractivity contribution is 5.63. The maximum atomic E-state index is 11.8. The Morgan fingerprint density at radius 3 is 2.60 bits per heavy atom. The molecule has 20 heavy (non-hydrogen) atoms. The lowest BCUT2D eigenvalue weighted by atomic mass is 10.2. The second-order valence-electron chi connectivity index (χ2n) is 4.68. The van der Waals surface area contributed by atoms with Gasteiger partial charge in [0, 0.05) is 38.1 Å². The van der Waals surface area contributed by atoms with E-state index in [1.165, 1.54) is 6.07 Å². The Morgan fingerprint density at radius 2 is 2.00 bits per heavy atom. The van der Waals surface area contributed by atoms with E-state index in [1.807, 2.05) is 33.4 Å². The van der Waals surface area contributed by atoms with Crippen molar-refractivity contribution in [3.8, 4) is 22.6 Å². The minimum absolute atomic E-state index is 0.197. The Kier molecular flexibility index (Phi) is 2.74. The molecule has 102 valence electrons. The Hall–Kier alpha value is -2.70. The molecule has 0 unspecified atom stereocenters. The second kappa shape index (κ2) is 4.44. The third kappa shape index (κ3) is 2.13. The van der Waals surface area contributed by atoms with Crippen LogP contribution in [-0.2, 0) is 14.1 Å². The van der Waals surface area contributed by atoms with Gasteiger partial charge in [0.1, 0.15) is 5.82 Å². The number of nitrogens with one attached hydrogen (secondary N) is 1. The predicted molar refractivity (Wildman–Crippen MR) is 74.0 cm³/mol. The van der Waals surface area contributed by atoms with E-state index >= 15 is 0 Å². The van der Waals surface area contributed by atoms with Gasteiger partial charge in [0.25, 0.3) is 5.56 Å². The molecule has 0 aliphatic rings. The Balaban J connectivity index is 2.16. The van der Waals surface area contributed by atoms with E-state index in [0.29, 0.717) is 11.5 Å². The summed E-state index contributed by atoms with van der Waals surface area (Å²) in [5.41, 5.74) is 2.84. The first-order valence-corrected chi connectivity index (χ1v) is 6.14. The van der Waals surface area contributed by atoms with Crippen LogP contribution in [0.4, 0.5) is 0 Å². The van der Waals surface area contributed by atoms with Crippen LogP contribution in [0.5, 0.6) is 0 Å². The topological polar surface area (TPSA) is 81.4 Å². The van der Waals surface area contributed by atoms with Crippen LogP contribution >= 0.6 is 0 Å². The summed E-state index contributed by atoms with van der Waals surface area (Å²) in [5, 5.41) is 8.36. The van der Waals surface area contributed by atoms with Gasteiger partial charge in [-0.2, -0.15) is 10.2 Å². The van der Waals surface area contributed by atoms with Crippen molar-refractivity contribution in [1.29, 1.82) is 0 Å². The van der Waals surface area contributed by atoms with Gasteiger partial charge in [-0.05, 0) is 6.92 Å². The zero-order chi connectivity index (χ0) is 14.3. The van der Waals surface area contributed by atoms with E-state index in [0.717, 1.165) is 16.8 Å². The van der Waals surface area contributed by atoms with Crippen molar-refractivity contribution in [3.05, 3.63) is 40.7 Å². The largest absolute Gasteiger partial charge is 0.306 e. The molecule has 3 heterocycles. The summed E-state index contributed by atoms with van der Waals surface area (Å²) in [6, 6.07) is 1.46. The van der Waals surface area contributed by atoms with Crippen molar-refractivity contribution in [1.82, 2.24) is 29.5 Å². The summed E-state index contributed by atoms with van der Waals surface area (Å²) >= 11 is 0. The molecule has 0 atom stereocenters. The molecule has 1 N–H and O–H groups in total. The van der Waals surface area contributed by atoms with Gasteiger partial charge in [-0.3, -0.25) is 14.2 Å². The molecule has 0 radical (unpaired) electrons.